The molecule has 0 bridgehead atoms. The first-order valence-electron chi connectivity index (χ1n) is 7.07. The summed E-state index contributed by atoms with van der Waals surface area (Å²) in [5.74, 6) is -0.0334. The third-order valence-electron chi connectivity index (χ3n) is 3.84. The van der Waals surface area contributed by atoms with Crippen LogP contribution in [0.2, 0.25) is 0 Å². The summed E-state index contributed by atoms with van der Waals surface area (Å²) in [6.07, 6.45) is 0. The number of aryl methyl sites for hydroxylation is 3. The van der Waals surface area contributed by atoms with E-state index in [0.717, 1.165) is 16.7 Å². The van der Waals surface area contributed by atoms with Gasteiger partial charge in [0.25, 0.3) is 0 Å². The Morgan fingerprint density at radius 2 is 1.71 bits per heavy atom. The maximum atomic E-state index is 14.6. The zero-order valence-corrected chi connectivity index (χ0v) is 13.3. The number of methoxy groups -OCH3 is 1. The molecular weight excluding hydrogens is 265 g/mol. The molecule has 0 heterocycles. The first-order valence-corrected chi connectivity index (χ1v) is 7.07. The Hall–Kier alpha value is -1.87. The fourth-order valence-electron chi connectivity index (χ4n) is 3.01. The van der Waals surface area contributed by atoms with E-state index < -0.39 is 0 Å². The molecule has 0 saturated carbocycles. The molecule has 0 aliphatic carbocycles. The van der Waals surface area contributed by atoms with Crippen molar-refractivity contribution < 1.29 is 9.13 Å². The molecule has 0 fully saturated rings. The maximum absolute atomic E-state index is 14.6. The van der Waals surface area contributed by atoms with E-state index in [1.807, 2.05) is 13.1 Å². The van der Waals surface area contributed by atoms with Crippen LogP contribution in [0.1, 0.15) is 33.9 Å². The molecule has 1 atom stereocenters. The van der Waals surface area contributed by atoms with Gasteiger partial charge in [0, 0.05) is 5.56 Å². The molecule has 1 N–H and O–H groups in total. The van der Waals surface area contributed by atoms with Crippen LogP contribution in [-0.4, -0.2) is 14.2 Å². The average Bonchev–Trinajstić information content (AvgIpc) is 2.43. The van der Waals surface area contributed by atoms with Crippen molar-refractivity contribution in [3.05, 3.63) is 64.0 Å². The number of halogens is 1. The molecular formula is C18H22FNO. The van der Waals surface area contributed by atoms with Crippen LogP contribution in [0.3, 0.4) is 0 Å². The van der Waals surface area contributed by atoms with Crippen molar-refractivity contribution in [3.8, 4) is 5.75 Å². The minimum absolute atomic E-state index is 0.194. The zero-order chi connectivity index (χ0) is 15.6. The molecule has 0 saturated heterocycles. The number of benzene rings is 2. The maximum Gasteiger partial charge on any atom is 0.170 e. The molecule has 3 heteroatoms. The topological polar surface area (TPSA) is 21.3 Å². The summed E-state index contributed by atoms with van der Waals surface area (Å²) in [4.78, 5) is 0. The molecule has 1 unspecified atom stereocenters. The molecule has 2 aromatic rings. The van der Waals surface area contributed by atoms with E-state index in [2.05, 4.69) is 38.2 Å². The van der Waals surface area contributed by atoms with Crippen LogP contribution in [-0.2, 0) is 0 Å². The summed E-state index contributed by atoms with van der Waals surface area (Å²) in [5, 5.41) is 3.23. The minimum Gasteiger partial charge on any atom is -0.494 e. The zero-order valence-electron chi connectivity index (χ0n) is 13.3. The monoisotopic (exact) mass is 287 g/mol. The third-order valence-corrected chi connectivity index (χ3v) is 3.84. The Kier molecular flexibility index (Phi) is 4.63. The second-order valence-corrected chi connectivity index (χ2v) is 5.40. The van der Waals surface area contributed by atoms with Crippen LogP contribution in [0.4, 0.5) is 4.39 Å². The third kappa shape index (κ3) is 2.93. The Morgan fingerprint density at radius 3 is 2.24 bits per heavy atom. The smallest absolute Gasteiger partial charge is 0.170 e. The fraction of sp³-hybridized carbons (Fsp3) is 0.333. The van der Waals surface area contributed by atoms with Gasteiger partial charge in [0.15, 0.2) is 11.6 Å². The first-order chi connectivity index (χ1) is 9.99. The van der Waals surface area contributed by atoms with Crippen LogP contribution in [0, 0.1) is 26.6 Å². The molecule has 0 radical (unpaired) electrons. The standard InChI is InChI=1S/C18H22FNO/c1-11-9-12(2)16(13(3)10-11)18(20-4)14-7-6-8-15(21-5)17(14)19/h6-10,18,20H,1-5H3. The summed E-state index contributed by atoms with van der Waals surface area (Å²) in [5.41, 5.74) is 5.26. The molecule has 112 valence electrons. The largest absolute Gasteiger partial charge is 0.494 e. The molecule has 2 rings (SSSR count). The quantitative estimate of drug-likeness (QED) is 0.915. The lowest BCUT2D eigenvalue weighted by Gasteiger charge is -2.23. The second kappa shape index (κ2) is 6.27. The summed E-state index contributed by atoms with van der Waals surface area (Å²) in [6, 6.07) is 9.33. The highest BCUT2D eigenvalue weighted by atomic mass is 19.1. The summed E-state index contributed by atoms with van der Waals surface area (Å²) < 4.78 is 19.7. The number of ether oxygens (including phenoxy) is 1. The SMILES string of the molecule is CNC(c1cccc(OC)c1F)c1c(C)cc(C)cc1C. The van der Waals surface area contributed by atoms with Gasteiger partial charge in [-0.05, 0) is 50.6 Å². The van der Waals surface area contributed by atoms with Crippen LogP contribution < -0.4 is 10.1 Å². The van der Waals surface area contributed by atoms with Gasteiger partial charge in [0.1, 0.15) is 0 Å². The number of rotatable bonds is 4. The van der Waals surface area contributed by atoms with Gasteiger partial charge >= 0.3 is 0 Å². The van der Waals surface area contributed by atoms with Crippen molar-refractivity contribution in [3.63, 3.8) is 0 Å². The lowest BCUT2D eigenvalue weighted by molar-refractivity contribution is 0.382. The second-order valence-electron chi connectivity index (χ2n) is 5.40. The van der Waals surface area contributed by atoms with E-state index >= 15 is 0 Å². The molecule has 21 heavy (non-hydrogen) atoms. The van der Waals surface area contributed by atoms with E-state index in [1.165, 1.54) is 12.7 Å². The van der Waals surface area contributed by atoms with Crippen molar-refractivity contribution in [2.24, 2.45) is 0 Å². The molecule has 0 aromatic heterocycles. The average molecular weight is 287 g/mol. The summed E-state index contributed by atoms with van der Waals surface area (Å²) in [7, 11) is 3.33. The van der Waals surface area contributed by atoms with Crippen molar-refractivity contribution in [2.45, 2.75) is 26.8 Å². The predicted octanol–water partition coefficient (Wildman–Crippen LogP) is 4.07. The van der Waals surface area contributed by atoms with Crippen molar-refractivity contribution >= 4 is 0 Å². The lowest BCUT2D eigenvalue weighted by Crippen LogP contribution is -2.21. The van der Waals surface area contributed by atoms with Gasteiger partial charge in [-0.15, -0.1) is 0 Å². The van der Waals surface area contributed by atoms with Crippen LogP contribution in [0.5, 0.6) is 5.75 Å². The molecule has 2 aromatic carbocycles. The molecule has 2 nitrogen and oxygen atoms in total. The van der Waals surface area contributed by atoms with Crippen LogP contribution in [0.15, 0.2) is 30.3 Å². The van der Waals surface area contributed by atoms with E-state index in [0.29, 0.717) is 5.56 Å². The normalized spacial score (nSPS) is 12.3. The Morgan fingerprint density at radius 1 is 1.10 bits per heavy atom. The van der Waals surface area contributed by atoms with Gasteiger partial charge in [-0.2, -0.15) is 0 Å². The van der Waals surface area contributed by atoms with Gasteiger partial charge in [-0.1, -0.05) is 29.8 Å². The van der Waals surface area contributed by atoms with Crippen molar-refractivity contribution in [1.82, 2.24) is 5.32 Å². The lowest BCUT2D eigenvalue weighted by atomic mass is 9.89. The van der Waals surface area contributed by atoms with Gasteiger partial charge in [-0.3, -0.25) is 0 Å². The Bertz CT molecular complexity index is 629. The highest BCUT2D eigenvalue weighted by Gasteiger charge is 2.21. The van der Waals surface area contributed by atoms with E-state index in [1.54, 1.807) is 12.1 Å². The van der Waals surface area contributed by atoms with E-state index in [4.69, 9.17) is 4.74 Å². The predicted molar refractivity (Wildman–Crippen MR) is 84.5 cm³/mol. The molecule has 0 spiro atoms. The molecule has 0 aliphatic rings. The molecule has 0 amide bonds. The van der Waals surface area contributed by atoms with Crippen LogP contribution >= 0.6 is 0 Å². The molecule has 0 aliphatic heterocycles. The fourth-order valence-corrected chi connectivity index (χ4v) is 3.01. The Balaban J connectivity index is 2.61. The summed E-state index contributed by atoms with van der Waals surface area (Å²) in [6.45, 7) is 6.21. The van der Waals surface area contributed by atoms with E-state index in [9.17, 15) is 4.39 Å². The highest BCUT2D eigenvalue weighted by molar-refractivity contribution is 5.46. The number of hydrogen-bond acceptors (Lipinski definition) is 2. The first kappa shape index (κ1) is 15.5. The highest BCUT2D eigenvalue weighted by Crippen LogP contribution is 2.32. The summed E-state index contributed by atoms with van der Waals surface area (Å²) >= 11 is 0. The van der Waals surface area contributed by atoms with Gasteiger partial charge in [-0.25, -0.2) is 4.39 Å². The van der Waals surface area contributed by atoms with Gasteiger partial charge < -0.3 is 10.1 Å². The minimum atomic E-state index is -0.307. The van der Waals surface area contributed by atoms with Crippen molar-refractivity contribution in [1.29, 1.82) is 0 Å². The van der Waals surface area contributed by atoms with Gasteiger partial charge in [0.2, 0.25) is 0 Å². The van der Waals surface area contributed by atoms with Gasteiger partial charge in [0.05, 0.1) is 13.2 Å². The van der Waals surface area contributed by atoms with Crippen LogP contribution in [0.25, 0.3) is 0 Å². The number of hydrogen-bond donors (Lipinski definition) is 1. The number of nitrogens with one attached hydrogen (secondary N) is 1. The van der Waals surface area contributed by atoms with Crippen molar-refractivity contribution in [2.75, 3.05) is 14.2 Å². The van der Waals surface area contributed by atoms with E-state index in [-0.39, 0.29) is 17.6 Å². The Labute approximate surface area is 126 Å².